The quantitative estimate of drug-likeness (QED) is 0.315. The molecule has 0 aliphatic heterocycles. The molecule has 0 aliphatic rings. The van der Waals surface area contributed by atoms with Gasteiger partial charge in [0.05, 0.1) is 6.04 Å². The molecule has 13 heavy (non-hydrogen) atoms. The van der Waals surface area contributed by atoms with Crippen LogP contribution in [0.5, 0.6) is 0 Å². The predicted octanol–water partition coefficient (Wildman–Crippen LogP) is 0.971. The van der Waals surface area contributed by atoms with Crippen LogP contribution in [0.25, 0.3) is 0 Å². The van der Waals surface area contributed by atoms with Crippen molar-refractivity contribution in [3.63, 3.8) is 0 Å². The van der Waals surface area contributed by atoms with Gasteiger partial charge in [0, 0.05) is 18.8 Å². The van der Waals surface area contributed by atoms with Gasteiger partial charge < -0.3 is 10.9 Å². The second kappa shape index (κ2) is 4.49. The van der Waals surface area contributed by atoms with E-state index in [-0.39, 0.29) is 11.9 Å². The van der Waals surface area contributed by atoms with Crippen molar-refractivity contribution < 1.29 is 5.21 Å². The summed E-state index contributed by atoms with van der Waals surface area (Å²) in [5.74, 6) is 0.238. The summed E-state index contributed by atoms with van der Waals surface area (Å²) in [6, 6.07) is 2.03. The van der Waals surface area contributed by atoms with Crippen molar-refractivity contribution in [3.8, 4) is 0 Å². The van der Waals surface area contributed by atoms with Crippen molar-refractivity contribution >= 4 is 5.84 Å². The van der Waals surface area contributed by atoms with Gasteiger partial charge in [-0.2, -0.15) is 5.10 Å². The average molecular weight is 182 g/mol. The number of nitrogens with zero attached hydrogens (tertiary/aromatic N) is 3. The molecule has 1 atom stereocenters. The molecule has 72 valence electrons. The molecule has 5 nitrogen and oxygen atoms in total. The van der Waals surface area contributed by atoms with E-state index in [2.05, 4.69) is 10.3 Å². The third-order valence-corrected chi connectivity index (χ3v) is 1.94. The molecular weight excluding hydrogens is 168 g/mol. The van der Waals surface area contributed by atoms with Gasteiger partial charge >= 0.3 is 0 Å². The summed E-state index contributed by atoms with van der Waals surface area (Å²) in [6.07, 6.45) is 5.01. The van der Waals surface area contributed by atoms with Crippen LogP contribution in [0.4, 0.5) is 0 Å². The summed E-state index contributed by atoms with van der Waals surface area (Å²) < 4.78 is 1.82. The predicted molar refractivity (Wildman–Crippen MR) is 49.6 cm³/mol. The van der Waals surface area contributed by atoms with Crippen LogP contribution in [0.2, 0.25) is 0 Å². The molecular formula is C8H14N4O. The number of hydrogen-bond donors (Lipinski definition) is 2. The maximum atomic E-state index is 8.41. The molecule has 0 aromatic carbocycles. The maximum Gasteiger partial charge on any atom is 0.141 e. The first-order valence-electron chi connectivity index (χ1n) is 4.23. The Morgan fingerprint density at radius 3 is 3.00 bits per heavy atom. The summed E-state index contributed by atoms with van der Waals surface area (Å²) in [5.41, 5.74) is 5.41. The fourth-order valence-corrected chi connectivity index (χ4v) is 1.20. The Bertz CT molecular complexity index is 268. The van der Waals surface area contributed by atoms with Crippen molar-refractivity contribution in [3.05, 3.63) is 18.5 Å². The van der Waals surface area contributed by atoms with Gasteiger partial charge in [-0.1, -0.05) is 12.1 Å². The number of hydrogen-bond acceptors (Lipinski definition) is 3. The Balaban J connectivity index is 2.64. The van der Waals surface area contributed by atoms with Crippen LogP contribution in [0.1, 0.15) is 25.8 Å². The molecule has 0 saturated carbocycles. The van der Waals surface area contributed by atoms with E-state index < -0.39 is 0 Å². The monoisotopic (exact) mass is 182 g/mol. The lowest BCUT2D eigenvalue weighted by Crippen LogP contribution is -2.19. The molecule has 0 fully saturated rings. The molecule has 0 bridgehead atoms. The molecule has 1 aromatic rings. The highest BCUT2D eigenvalue weighted by Crippen LogP contribution is 2.13. The lowest BCUT2D eigenvalue weighted by Gasteiger charge is -2.13. The van der Waals surface area contributed by atoms with E-state index in [1.807, 2.05) is 23.9 Å². The minimum Gasteiger partial charge on any atom is -0.409 e. The number of rotatable bonds is 4. The first kappa shape index (κ1) is 9.57. The fourth-order valence-electron chi connectivity index (χ4n) is 1.20. The van der Waals surface area contributed by atoms with Crippen LogP contribution in [0, 0.1) is 0 Å². The van der Waals surface area contributed by atoms with Gasteiger partial charge in [-0.3, -0.25) is 4.68 Å². The minimum absolute atomic E-state index is 0.172. The molecule has 0 amide bonds. The van der Waals surface area contributed by atoms with Gasteiger partial charge in [0.2, 0.25) is 0 Å². The topological polar surface area (TPSA) is 76.4 Å². The largest absolute Gasteiger partial charge is 0.409 e. The van der Waals surface area contributed by atoms with Crippen molar-refractivity contribution in [2.75, 3.05) is 0 Å². The summed E-state index contributed by atoms with van der Waals surface area (Å²) in [7, 11) is 0. The van der Waals surface area contributed by atoms with Gasteiger partial charge in [-0.25, -0.2) is 0 Å². The average Bonchev–Trinajstić information content (AvgIpc) is 2.66. The normalized spacial score (nSPS) is 14.4. The highest BCUT2D eigenvalue weighted by molar-refractivity contribution is 5.79. The Labute approximate surface area is 76.8 Å². The molecule has 1 heterocycles. The lowest BCUT2D eigenvalue weighted by molar-refractivity contribution is 0.314. The van der Waals surface area contributed by atoms with Gasteiger partial charge in [-0.15, -0.1) is 0 Å². The Kier molecular flexibility index (Phi) is 3.31. The van der Waals surface area contributed by atoms with Crippen molar-refractivity contribution in [1.29, 1.82) is 0 Å². The van der Waals surface area contributed by atoms with Gasteiger partial charge in [0.25, 0.3) is 0 Å². The van der Waals surface area contributed by atoms with E-state index in [1.54, 1.807) is 6.20 Å². The van der Waals surface area contributed by atoms with Crippen molar-refractivity contribution in [1.82, 2.24) is 9.78 Å². The van der Waals surface area contributed by atoms with E-state index in [4.69, 9.17) is 10.9 Å². The van der Waals surface area contributed by atoms with Crippen LogP contribution < -0.4 is 5.73 Å². The van der Waals surface area contributed by atoms with Crippen molar-refractivity contribution in [2.45, 2.75) is 25.8 Å². The van der Waals surface area contributed by atoms with Crippen molar-refractivity contribution in [2.24, 2.45) is 10.9 Å². The summed E-state index contributed by atoms with van der Waals surface area (Å²) in [5, 5.41) is 15.4. The smallest absolute Gasteiger partial charge is 0.141 e. The Morgan fingerprint density at radius 2 is 2.54 bits per heavy atom. The fraction of sp³-hybridized carbons (Fsp3) is 0.500. The van der Waals surface area contributed by atoms with Crippen LogP contribution in [0.15, 0.2) is 23.6 Å². The van der Waals surface area contributed by atoms with Crippen LogP contribution in [-0.2, 0) is 0 Å². The maximum absolute atomic E-state index is 8.41. The second-order valence-corrected chi connectivity index (χ2v) is 2.84. The van der Waals surface area contributed by atoms with E-state index in [0.29, 0.717) is 6.42 Å². The standard InChI is InChI=1S/C8H14N4O/c1-2-7(6-8(9)11-13)12-5-3-4-10-12/h3-5,7,13H,2,6H2,1H3,(H2,9,11). The van der Waals surface area contributed by atoms with Crippen LogP contribution in [-0.4, -0.2) is 20.8 Å². The first-order chi connectivity index (χ1) is 6.27. The number of oxime groups is 1. The number of aromatic nitrogens is 2. The van der Waals surface area contributed by atoms with E-state index in [9.17, 15) is 0 Å². The zero-order valence-electron chi connectivity index (χ0n) is 7.59. The van der Waals surface area contributed by atoms with Gasteiger partial charge in [0.1, 0.15) is 5.84 Å². The molecule has 3 N–H and O–H groups in total. The third-order valence-electron chi connectivity index (χ3n) is 1.94. The Morgan fingerprint density at radius 1 is 1.77 bits per heavy atom. The van der Waals surface area contributed by atoms with Gasteiger partial charge in [-0.05, 0) is 12.5 Å². The molecule has 0 radical (unpaired) electrons. The first-order valence-corrected chi connectivity index (χ1v) is 4.23. The van der Waals surface area contributed by atoms with Crippen LogP contribution >= 0.6 is 0 Å². The molecule has 0 spiro atoms. The Hall–Kier alpha value is -1.52. The summed E-state index contributed by atoms with van der Waals surface area (Å²) in [4.78, 5) is 0. The molecule has 0 saturated heterocycles. The van der Waals surface area contributed by atoms with E-state index >= 15 is 0 Å². The highest BCUT2D eigenvalue weighted by Gasteiger charge is 2.10. The third kappa shape index (κ3) is 2.47. The molecule has 5 heteroatoms. The summed E-state index contributed by atoms with van der Waals surface area (Å²) in [6.45, 7) is 2.04. The zero-order valence-corrected chi connectivity index (χ0v) is 7.59. The SMILES string of the molecule is CCC(C/C(N)=N/O)n1cccn1. The lowest BCUT2D eigenvalue weighted by atomic mass is 10.1. The zero-order chi connectivity index (χ0) is 9.68. The number of amidine groups is 1. The molecule has 1 aromatic heterocycles. The molecule has 1 rings (SSSR count). The van der Waals surface area contributed by atoms with Gasteiger partial charge in [0.15, 0.2) is 0 Å². The minimum atomic E-state index is 0.172. The highest BCUT2D eigenvalue weighted by atomic mass is 16.4. The number of nitrogens with two attached hydrogens (primary N) is 1. The summed E-state index contributed by atoms with van der Waals surface area (Å²) >= 11 is 0. The molecule has 1 unspecified atom stereocenters. The second-order valence-electron chi connectivity index (χ2n) is 2.84. The molecule has 0 aliphatic carbocycles. The van der Waals surface area contributed by atoms with Crippen LogP contribution in [0.3, 0.4) is 0 Å². The van der Waals surface area contributed by atoms with E-state index in [1.165, 1.54) is 0 Å². The van der Waals surface area contributed by atoms with E-state index in [0.717, 1.165) is 6.42 Å².